The van der Waals surface area contributed by atoms with E-state index in [2.05, 4.69) is 27.7 Å². The SMILES string of the molecule is CCCCCCCCCCc1cnc([C@@H](CCC(C)C)[C@@H](C)CC(=O)OCc2ccccc2)nc1. The molecule has 2 rings (SSSR count). The van der Waals surface area contributed by atoms with Crippen LogP contribution in [-0.4, -0.2) is 15.9 Å². The minimum Gasteiger partial charge on any atom is -0.461 e. The maximum absolute atomic E-state index is 12.5. The summed E-state index contributed by atoms with van der Waals surface area (Å²) < 4.78 is 5.54. The third-order valence-corrected chi connectivity index (χ3v) is 6.85. The fourth-order valence-electron chi connectivity index (χ4n) is 4.53. The average Bonchev–Trinajstić information content (AvgIpc) is 2.86. The van der Waals surface area contributed by atoms with Gasteiger partial charge in [-0.1, -0.05) is 109 Å². The molecule has 0 aliphatic heterocycles. The Labute approximate surface area is 214 Å². The average molecular weight is 481 g/mol. The highest BCUT2D eigenvalue weighted by atomic mass is 16.5. The van der Waals surface area contributed by atoms with Gasteiger partial charge in [0.15, 0.2) is 0 Å². The number of unbranched alkanes of at least 4 members (excludes halogenated alkanes) is 7. The van der Waals surface area contributed by atoms with Crippen molar-refractivity contribution < 1.29 is 9.53 Å². The Hall–Kier alpha value is -2.23. The van der Waals surface area contributed by atoms with Crippen LogP contribution in [0.15, 0.2) is 42.7 Å². The number of ether oxygens (including phenoxy) is 1. The van der Waals surface area contributed by atoms with E-state index in [0.717, 1.165) is 30.7 Å². The Morgan fingerprint density at radius 1 is 0.829 bits per heavy atom. The van der Waals surface area contributed by atoms with Gasteiger partial charge in [0.2, 0.25) is 0 Å². The van der Waals surface area contributed by atoms with Gasteiger partial charge < -0.3 is 4.74 Å². The van der Waals surface area contributed by atoms with E-state index in [9.17, 15) is 4.79 Å². The molecule has 194 valence electrons. The molecule has 0 fully saturated rings. The molecule has 0 spiro atoms. The number of nitrogens with zero attached hydrogens (tertiary/aromatic N) is 2. The van der Waals surface area contributed by atoms with Gasteiger partial charge in [0.25, 0.3) is 0 Å². The van der Waals surface area contributed by atoms with Gasteiger partial charge in [-0.2, -0.15) is 0 Å². The topological polar surface area (TPSA) is 52.1 Å². The van der Waals surface area contributed by atoms with Crippen molar-refractivity contribution in [1.82, 2.24) is 9.97 Å². The Kier molecular flexibility index (Phi) is 14.3. The predicted octanol–water partition coefficient (Wildman–Crippen LogP) is 8.45. The largest absolute Gasteiger partial charge is 0.461 e. The first-order chi connectivity index (χ1) is 17.0. The maximum Gasteiger partial charge on any atom is 0.306 e. The van der Waals surface area contributed by atoms with Crippen molar-refractivity contribution in [1.29, 1.82) is 0 Å². The Morgan fingerprint density at radius 2 is 1.46 bits per heavy atom. The number of rotatable bonds is 18. The molecule has 4 nitrogen and oxygen atoms in total. The van der Waals surface area contributed by atoms with Gasteiger partial charge in [-0.15, -0.1) is 0 Å². The smallest absolute Gasteiger partial charge is 0.306 e. The Balaban J connectivity index is 1.84. The van der Waals surface area contributed by atoms with Crippen molar-refractivity contribution in [3.63, 3.8) is 0 Å². The fourth-order valence-corrected chi connectivity index (χ4v) is 4.53. The molecule has 0 unspecified atom stereocenters. The quantitative estimate of drug-likeness (QED) is 0.159. The number of aromatic nitrogens is 2. The fraction of sp³-hybridized carbons (Fsp3) is 0.645. The van der Waals surface area contributed by atoms with Gasteiger partial charge in [0.05, 0.1) is 0 Å². The molecule has 1 aromatic carbocycles. The van der Waals surface area contributed by atoms with E-state index in [0.29, 0.717) is 18.9 Å². The molecule has 1 aromatic heterocycles. The summed E-state index contributed by atoms with van der Waals surface area (Å²) in [5, 5.41) is 0. The zero-order valence-electron chi connectivity index (χ0n) is 22.7. The maximum atomic E-state index is 12.5. The van der Waals surface area contributed by atoms with E-state index < -0.39 is 0 Å². The highest BCUT2D eigenvalue weighted by Gasteiger charge is 2.25. The molecule has 0 bridgehead atoms. The summed E-state index contributed by atoms with van der Waals surface area (Å²) in [4.78, 5) is 22.1. The van der Waals surface area contributed by atoms with Gasteiger partial charge in [-0.05, 0) is 42.2 Å². The second kappa shape index (κ2) is 17.2. The lowest BCUT2D eigenvalue weighted by atomic mass is 9.85. The number of aryl methyl sites for hydroxylation is 1. The van der Waals surface area contributed by atoms with Crippen molar-refractivity contribution in [2.75, 3.05) is 0 Å². The van der Waals surface area contributed by atoms with Crippen LogP contribution in [-0.2, 0) is 22.6 Å². The van der Waals surface area contributed by atoms with Crippen LogP contribution < -0.4 is 0 Å². The number of carbonyl (C=O) groups excluding carboxylic acids is 1. The Morgan fingerprint density at radius 3 is 2.09 bits per heavy atom. The van der Waals surface area contributed by atoms with Crippen molar-refractivity contribution in [2.45, 2.75) is 117 Å². The third-order valence-electron chi connectivity index (χ3n) is 6.85. The molecule has 0 aliphatic rings. The van der Waals surface area contributed by atoms with Crippen molar-refractivity contribution in [3.05, 3.63) is 59.7 Å². The molecule has 0 saturated carbocycles. The third kappa shape index (κ3) is 12.3. The number of esters is 1. The summed E-state index contributed by atoms with van der Waals surface area (Å²) in [7, 11) is 0. The normalized spacial score (nSPS) is 13.1. The molecule has 0 aliphatic carbocycles. The molecular weight excluding hydrogens is 432 g/mol. The highest BCUT2D eigenvalue weighted by Crippen LogP contribution is 2.31. The van der Waals surface area contributed by atoms with E-state index in [1.54, 1.807) is 0 Å². The second-order valence-electron chi connectivity index (χ2n) is 10.6. The van der Waals surface area contributed by atoms with E-state index in [-0.39, 0.29) is 17.8 Å². The summed E-state index contributed by atoms with van der Waals surface area (Å²) in [5.74, 6) is 1.63. The highest BCUT2D eigenvalue weighted by molar-refractivity contribution is 5.69. The van der Waals surface area contributed by atoms with E-state index >= 15 is 0 Å². The molecule has 0 N–H and O–H groups in total. The Bertz CT molecular complexity index is 804. The first-order valence-electron chi connectivity index (χ1n) is 14.0. The number of carbonyl (C=O) groups is 1. The van der Waals surface area contributed by atoms with Gasteiger partial charge in [-0.3, -0.25) is 4.79 Å². The lowest BCUT2D eigenvalue weighted by Crippen LogP contribution is -2.19. The van der Waals surface area contributed by atoms with Crippen LogP contribution in [0.1, 0.15) is 121 Å². The summed E-state index contributed by atoms with van der Waals surface area (Å²) in [6.07, 6.45) is 18.2. The molecule has 2 aromatic rings. The number of hydrogen-bond donors (Lipinski definition) is 0. The van der Waals surface area contributed by atoms with Crippen LogP contribution in [0.3, 0.4) is 0 Å². The lowest BCUT2D eigenvalue weighted by molar-refractivity contribution is -0.146. The summed E-state index contributed by atoms with van der Waals surface area (Å²) in [6, 6.07) is 9.84. The molecule has 0 amide bonds. The summed E-state index contributed by atoms with van der Waals surface area (Å²) >= 11 is 0. The van der Waals surface area contributed by atoms with Gasteiger partial charge in [-0.25, -0.2) is 9.97 Å². The van der Waals surface area contributed by atoms with E-state index in [1.165, 1.54) is 56.9 Å². The summed E-state index contributed by atoms with van der Waals surface area (Å²) in [6.45, 7) is 9.20. The standard InChI is InChI=1S/C31H48N2O2/c1-5-6-7-8-9-10-11-13-18-28-22-32-31(33-23-28)29(20-19-25(2)3)26(4)21-30(34)35-24-27-16-14-12-15-17-27/h12,14-17,22-23,25-26,29H,5-11,13,18-21,24H2,1-4H3/t26-,29-/m0/s1. The molecule has 35 heavy (non-hydrogen) atoms. The van der Waals surface area contributed by atoms with Crippen molar-refractivity contribution in [2.24, 2.45) is 11.8 Å². The zero-order chi connectivity index (χ0) is 25.3. The van der Waals surface area contributed by atoms with Crippen molar-refractivity contribution >= 4 is 5.97 Å². The minimum atomic E-state index is -0.151. The molecule has 0 saturated heterocycles. The van der Waals surface area contributed by atoms with E-state index in [4.69, 9.17) is 14.7 Å². The first kappa shape index (κ1) is 29.0. The second-order valence-corrected chi connectivity index (χ2v) is 10.6. The number of benzene rings is 1. The van der Waals surface area contributed by atoms with E-state index in [1.807, 2.05) is 42.7 Å². The van der Waals surface area contributed by atoms with Crippen LogP contribution >= 0.6 is 0 Å². The first-order valence-corrected chi connectivity index (χ1v) is 14.0. The molecular formula is C31H48N2O2. The van der Waals surface area contributed by atoms with Gasteiger partial charge >= 0.3 is 5.97 Å². The monoisotopic (exact) mass is 480 g/mol. The lowest BCUT2D eigenvalue weighted by Gasteiger charge is -2.23. The molecule has 1 heterocycles. The van der Waals surface area contributed by atoms with Crippen LogP contribution in [0.4, 0.5) is 0 Å². The van der Waals surface area contributed by atoms with Crippen molar-refractivity contribution in [3.8, 4) is 0 Å². The molecule has 2 atom stereocenters. The van der Waals surface area contributed by atoms with Gasteiger partial charge in [0.1, 0.15) is 12.4 Å². The van der Waals surface area contributed by atoms with Crippen LogP contribution in [0.2, 0.25) is 0 Å². The zero-order valence-corrected chi connectivity index (χ0v) is 22.7. The minimum absolute atomic E-state index is 0.135. The predicted molar refractivity (Wildman–Crippen MR) is 145 cm³/mol. The van der Waals surface area contributed by atoms with Crippen LogP contribution in [0.25, 0.3) is 0 Å². The molecule has 0 radical (unpaired) electrons. The summed E-state index contributed by atoms with van der Waals surface area (Å²) in [5.41, 5.74) is 2.23. The van der Waals surface area contributed by atoms with Crippen LogP contribution in [0.5, 0.6) is 0 Å². The number of hydrogen-bond acceptors (Lipinski definition) is 4. The molecule has 4 heteroatoms. The van der Waals surface area contributed by atoms with Gasteiger partial charge in [0, 0.05) is 24.7 Å². The van der Waals surface area contributed by atoms with Crippen LogP contribution in [0, 0.1) is 11.8 Å².